The van der Waals surface area contributed by atoms with Crippen LogP contribution in [-0.4, -0.2) is 41.1 Å². The first-order valence-electron chi connectivity index (χ1n) is 7.32. The van der Waals surface area contributed by atoms with Crippen molar-refractivity contribution in [3.63, 3.8) is 0 Å². The van der Waals surface area contributed by atoms with Gasteiger partial charge in [-0.3, -0.25) is 4.90 Å². The van der Waals surface area contributed by atoms with Crippen LogP contribution in [0.25, 0.3) is 0 Å². The van der Waals surface area contributed by atoms with E-state index in [4.69, 9.17) is 5.73 Å². The van der Waals surface area contributed by atoms with Crippen LogP contribution in [0.15, 0.2) is 30.3 Å². The third-order valence-electron chi connectivity index (χ3n) is 3.85. The molecular formula is C16H26N2S. The summed E-state index contributed by atoms with van der Waals surface area (Å²) in [7, 11) is 0. The van der Waals surface area contributed by atoms with Crippen LogP contribution in [0.2, 0.25) is 0 Å². The second kappa shape index (κ2) is 7.32. The van der Waals surface area contributed by atoms with Crippen molar-refractivity contribution in [2.75, 3.05) is 19.6 Å². The lowest BCUT2D eigenvalue weighted by Gasteiger charge is -2.39. The minimum atomic E-state index is 0.533. The van der Waals surface area contributed by atoms with Crippen molar-refractivity contribution in [2.24, 2.45) is 5.73 Å². The van der Waals surface area contributed by atoms with E-state index in [-0.39, 0.29) is 0 Å². The number of thioether (sulfide) groups is 1. The van der Waals surface area contributed by atoms with E-state index in [2.05, 4.69) is 60.8 Å². The van der Waals surface area contributed by atoms with E-state index in [9.17, 15) is 0 Å². The summed E-state index contributed by atoms with van der Waals surface area (Å²) in [5.41, 5.74) is 7.43. The number of benzene rings is 1. The second-order valence-electron chi connectivity index (χ2n) is 5.63. The summed E-state index contributed by atoms with van der Waals surface area (Å²) < 4.78 is 0. The quantitative estimate of drug-likeness (QED) is 0.898. The average molecular weight is 278 g/mol. The Balaban J connectivity index is 1.89. The van der Waals surface area contributed by atoms with E-state index in [0.717, 1.165) is 23.5 Å². The molecular weight excluding hydrogens is 252 g/mol. The van der Waals surface area contributed by atoms with Crippen LogP contribution in [0.5, 0.6) is 0 Å². The maximum Gasteiger partial charge on any atom is 0.0222 e. The van der Waals surface area contributed by atoms with E-state index < -0.39 is 0 Å². The first kappa shape index (κ1) is 14.9. The zero-order chi connectivity index (χ0) is 13.7. The van der Waals surface area contributed by atoms with Crippen molar-refractivity contribution >= 4 is 11.8 Å². The molecule has 1 aliphatic rings. The summed E-state index contributed by atoms with van der Waals surface area (Å²) in [4.78, 5) is 2.61. The Morgan fingerprint density at radius 1 is 1.21 bits per heavy atom. The number of nitrogens with zero attached hydrogens (tertiary/aromatic N) is 1. The molecule has 1 saturated heterocycles. The predicted octanol–water partition coefficient (Wildman–Crippen LogP) is 2.77. The molecule has 2 nitrogen and oxygen atoms in total. The molecule has 1 aliphatic heterocycles. The highest BCUT2D eigenvalue weighted by Gasteiger charge is 2.26. The topological polar surface area (TPSA) is 29.3 Å². The van der Waals surface area contributed by atoms with Gasteiger partial charge in [-0.2, -0.15) is 11.8 Å². The van der Waals surface area contributed by atoms with E-state index in [1.54, 1.807) is 0 Å². The Morgan fingerprint density at radius 3 is 2.42 bits per heavy atom. The molecule has 0 aromatic heterocycles. The van der Waals surface area contributed by atoms with Crippen LogP contribution < -0.4 is 5.73 Å². The van der Waals surface area contributed by atoms with Crippen LogP contribution in [0, 0.1) is 0 Å². The van der Waals surface area contributed by atoms with E-state index in [1.165, 1.54) is 25.1 Å². The van der Waals surface area contributed by atoms with Crippen LogP contribution in [0.1, 0.15) is 25.8 Å². The zero-order valence-corrected chi connectivity index (χ0v) is 12.9. The minimum absolute atomic E-state index is 0.533. The monoisotopic (exact) mass is 278 g/mol. The van der Waals surface area contributed by atoms with Gasteiger partial charge in [0.1, 0.15) is 0 Å². The average Bonchev–Trinajstić information content (AvgIpc) is 2.39. The van der Waals surface area contributed by atoms with Gasteiger partial charge in [-0.05, 0) is 18.4 Å². The molecule has 1 heterocycles. The molecule has 2 N–H and O–H groups in total. The Labute approximate surface area is 121 Å². The summed E-state index contributed by atoms with van der Waals surface area (Å²) in [5.74, 6) is 0. The van der Waals surface area contributed by atoms with E-state index in [1.807, 2.05) is 0 Å². The van der Waals surface area contributed by atoms with Gasteiger partial charge in [-0.1, -0.05) is 44.2 Å². The maximum atomic E-state index is 6.01. The Morgan fingerprint density at radius 2 is 1.84 bits per heavy atom. The molecule has 3 unspecified atom stereocenters. The van der Waals surface area contributed by atoms with Crippen molar-refractivity contribution in [1.29, 1.82) is 0 Å². The van der Waals surface area contributed by atoms with Crippen LogP contribution in [-0.2, 0) is 6.42 Å². The van der Waals surface area contributed by atoms with Gasteiger partial charge in [0.05, 0.1) is 0 Å². The molecule has 0 saturated carbocycles. The van der Waals surface area contributed by atoms with Crippen LogP contribution in [0.4, 0.5) is 0 Å². The first-order chi connectivity index (χ1) is 9.19. The van der Waals surface area contributed by atoms with Crippen molar-refractivity contribution < 1.29 is 0 Å². The number of hydrogen-bond donors (Lipinski definition) is 1. The van der Waals surface area contributed by atoms with E-state index >= 15 is 0 Å². The highest BCUT2D eigenvalue weighted by Crippen LogP contribution is 2.26. The summed E-state index contributed by atoms with van der Waals surface area (Å²) in [6.07, 6.45) is 2.31. The van der Waals surface area contributed by atoms with Gasteiger partial charge in [0.15, 0.2) is 0 Å². The lowest BCUT2D eigenvalue weighted by Crippen LogP contribution is -2.49. The summed E-state index contributed by atoms with van der Waals surface area (Å²) in [6, 6.07) is 11.3. The van der Waals surface area contributed by atoms with Gasteiger partial charge < -0.3 is 5.73 Å². The van der Waals surface area contributed by atoms with Gasteiger partial charge in [0.2, 0.25) is 0 Å². The molecule has 1 fully saturated rings. The van der Waals surface area contributed by atoms with Crippen molar-refractivity contribution in [3.8, 4) is 0 Å². The lowest BCUT2D eigenvalue weighted by molar-refractivity contribution is 0.189. The molecule has 2 rings (SSSR count). The molecule has 1 aromatic carbocycles. The van der Waals surface area contributed by atoms with Crippen LogP contribution >= 0.6 is 11.8 Å². The minimum Gasteiger partial charge on any atom is -0.329 e. The lowest BCUT2D eigenvalue weighted by atomic mass is 10.0. The first-order valence-corrected chi connectivity index (χ1v) is 8.27. The summed E-state index contributed by atoms with van der Waals surface area (Å²) >= 11 is 2.10. The number of rotatable bonds is 5. The van der Waals surface area contributed by atoms with Crippen molar-refractivity contribution in [1.82, 2.24) is 4.90 Å². The summed E-state index contributed by atoms with van der Waals surface area (Å²) in [5, 5.41) is 1.46. The molecule has 3 heteroatoms. The SMILES string of the molecule is CC1CN(C(CN)CCc2ccccc2)CC(C)S1. The Bertz CT molecular complexity index is 358. The Kier molecular flexibility index (Phi) is 5.74. The number of nitrogens with two attached hydrogens (primary N) is 1. The fraction of sp³-hybridized carbons (Fsp3) is 0.625. The summed E-state index contributed by atoms with van der Waals surface area (Å²) in [6.45, 7) is 7.81. The van der Waals surface area contributed by atoms with Gasteiger partial charge >= 0.3 is 0 Å². The normalized spacial score (nSPS) is 26.3. The maximum absolute atomic E-state index is 6.01. The molecule has 106 valence electrons. The smallest absolute Gasteiger partial charge is 0.0222 e. The van der Waals surface area contributed by atoms with Gasteiger partial charge in [-0.15, -0.1) is 0 Å². The third kappa shape index (κ3) is 4.51. The van der Waals surface area contributed by atoms with Gasteiger partial charge in [0.25, 0.3) is 0 Å². The fourth-order valence-electron chi connectivity index (χ4n) is 2.94. The molecule has 3 atom stereocenters. The highest BCUT2D eigenvalue weighted by atomic mass is 32.2. The molecule has 0 spiro atoms. The Hall–Kier alpha value is -0.510. The molecule has 1 aromatic rings. The number of aryl methyl sites for hydroxylation is 1. The van der Waals surface area contributed by atoms with Gasteiger partial charge in [0, 0.05) is 36.2 Å². The second-order valence-corrected chi connectivity index (χ2v) is 7.51. The molecule has 0 amide bonds. The third-order valence-corrected chi connectivity index (χ3v) is 5.07. The zero-order valence-electron chi connectivity index (χ0n) is 12.1. The van der Waals surface area contributed by atoms with Gasteiger partial charge in [-0.25, -0.2) is 0 Å². The van der Waals surface area contributed by atoms with E-state index in [0.29, 0.717) is 6.04 Å². The van der Waals surface area contributed by atoms with Crippen LogP contribution in [0.3, 0.4) is 0 Å². The number of hydrogen-bond acceptors (Lipinski definition) is 3. The largest absolute Gasteiger partial charge is 0.329 e. The standard InChI is InChI=1S/C16H26N2S/c1-13-11-18(12-14(2)19-13)16(10-17)9-8-15-6-4-3-5-7-15/h3-7,13-14,16H,8-12,17H2,1-2H3. The van der Waals surface area contributed by atoms with Crippen molar-refractivity contribution in [3.05, 3.63) is 35.9 Å². The molecule has 0 bridgehead atoms. The van der Waals surface area contributed by atoms with Crippen molar-refractivity contribution in [2.45, 2.75) is 43.2 Å². The highest BCUT2D eigenvalue weighted by molar-refractivity contribution is 8.00. The fourth-order valence-corrected chi connectivity index (χ4v) is 4.29. The molecule has 0 radical (unpaired) electrons. The molecule has 19 heavy (non-hydrogen) atoms. The predicted molar refractivity (Wildman–Crippen MR) is 85.7 cm³/mol. The molecule has 0 aliphatic carbocycles.